The molecule has 4 nitrogen and oxygen atoms in total. The number of hydrogen-bond donors (Lipinski definition) is 0. The molecule has 5 heteroatoms. The molecule has 0 aliphatic carbocycles. The van der Waals surface area contributed by atoms with E-state index >= 15 is 0 Å². The Kier molecular flexibility index (Phi) is 5.08. The molecule has 0 bridgehead atoms. The van der Waals surface area contributed by atoms with Crippen LogP contribution in [0.2, 0.25) is 0 Å². The second-order valence-electron chi connectivity index (χ2n) is 5.31. The molecule has 0 fully saturated rings. The van der Waals surface area contributed by atoms with Crippen molar-refractivity contribution in [2.75, 3.05) is 0 Å². The van der Waals surface area contributed by atoms with Crippen molar-refractivity contribution in [1.29, 1.82) is 0 Å². The first kappa shape index (κ1) is 15.7. The molecule has 2 heterocycles. The van der Waals surface area contributed by atoms with Crippen LogP contribution in [0, 0.1) is 6.92 Å². The molecule has 0 saturated heterocycles. The fraction of sp³-hybridized carbons (Fsp3) is 0.222. The molecule has 0 radical (unpaired) electrons. The number of halogens is 1. The summed E-state index contributed by atoms with van der Waals surface area (Å²) in [5.74, 6) is 0.809. The van der Waals surface area contributed by atoms with Crippen LogP contribution in [0.5, 0.6) is 5.75 Å². The summed E-state index contributed by atoms with van der Waals surface area (Å²) in [6.07, 6.45) is 4.53. The second-order valence-corrected chi connectivity index (χ2v) is 6.06. The van der Waals surface area contributed by atoms with Gasteiger partial charge in [0.05, 0.1) is 0 Å². The smallest absolute Gasteiger partial charge is 0.175 e. The standard InChI is InChI=1S/C18H18BrN3O/c1-14-17(23-13-16-5-3-2-4-6-16)18(19)22(21-14)12-9-15-7-10-20-11-8-15/h2-8,10-11H,9,12-13H2,1H3. The first-order valence-electron chi connectivity index (χ1n) is 7.52. The average Bonchev–Trinajstić information content (AvgIpc) is 2.87. The van der Waals surface area contributed by atoms with E-state index in [1.807, 2.05) is 54.3 Å². The van der Waals surface area contributed by atoms with Gasteiger partial charge in [-0.1, -0.05) is 30.3 Å². The van der Waals surface area contributed by atoms with Crippen LogP contribution in [0.4, 0.5) is 0 Å². The normalized spacial score (nSPS) is 10.7. The molecule has 0 atom stereocenters. The predicted molar refractivity (Wildman–Crippen MR) is 93.4 cm³/mol. The first-order chi connectivity index (χ1) is 11.2. The van der Waals surface area contributed by atoms with E-state index in [-0.39, 0.29) is 0 Å². The summed E-state index contributed by atoms with van der Waals surface area (Å²) >= 11 is 3.61. The van der Waals surface area contributed by atoms with E-state index in [0.717, 1.165) is 34.6 Å². The highest BCUT2D eigenvalue weighted by Crippen LogP contribution is 2.29. The molecule has 0 saturated carbocycles. The summed E-state index contributed by atoms with van der Waals surface area (Å²) in [6, 6.07) is 14.2. The van der Waals surface area contributed by atoms with Gasteiger partial charge in [-0.15, -0.1) is 0 Å². The van der Waals surface area contributed by atoms with Gasteiger partial charge in [-0.25, -0.2) is 0 Å². The minimum absolute atomic E-state index is 0.538. The number of rotatable bonds is 6. The van der Waals surface area contributed by atoms with E-state index < -0.39 is 0 Å². The second kappa shape index (κ2) is 7.42. The maximum absolute atomic E-state index is 5.95. The lowest BCUT2D eigenvalue weighted by molar-refractivity contribution is 0.301. The molecule has 0 unspecified atom stereocenters. The highest BCUT2D eigenvalue weighted by atomic mass is 79.9. The van der Waals surface area contributed by atoms with Crippen LogP contribution < -0.4 is 4.74 Å². The van der Waals surface area contributed by atoms with E-state index in [4.69, 9.17) is 4.74 Å². The zero-order valence-corrected chi connectivity index (χ0v) is 14.5. The largest absolute Gasteiger partial charge is 0.484 e. The average molecular weight is 372 g/mol. The van der Waals surface area contributed by atoms with E-state index in [1.165, 1.54) is 5.56 Å². The van der Waals surface area contributed by atoms with E-state index in [9.17, 15) is 0 Å². The van der Waals surface area contributed by atoms with Gasteiger partial charge < -0.3 is 4.74 Å². The van der Waals surface area contributed by atoms with Crippen LogP contribution in [0.25, 0.3) is 0 Å². The third kappa shape index (κ3) is 3.99. The Bertz CT molecular complexity index is 757. The number of aryl methyl sites for hydroxylation is 3. The fourth-order valence-corrected chi connectivity index (χ4v) is 3.02. The topological polar surface area (TPSA) is 39.9 Å². The first-order valence-corrected chi connectivity index (χ1v) is 8.32. The summed E-state index contributed by atoms with van der Waals surface area (Å²) in [5, 5.41) is 4.57. The predicted octanol–water partition coefficient (Wildman–Crippen LogP) is 4.17. The maximum Gasteiger partial charge on any atom is 0.175 e. The lowest BCUT2D eigenvalue weighted by atomic mass is 10.2. The lowest BCUT2D eigenvalue weighted by Gasteiger charge is -2.07. The Hall–Kier alpha value is -2.14. The summed E-state index contributed by atoms with van der Waals surface area (Å²) in [5.41, 5.74) is 3.28. The number of hydrogen-bond acceptors (Lipinski definition) is 3. The minimum atomic E-state index is 0.538. The van der Waals surface area contributed by atoms with Crippen molar-refractivity contribution in [2.45, 2.75) is 26.5 Å². The van der Waals surface area contributed by atoms with Gasteiger partial charge in [0, 0.05) is 18.9 Å². The van der Waals surface area contributed by atoms with Crippen LogP contribution in [-0.2, 0) is 19.6 Å². The van der Waals surface area contributed by atoms with Crippen molar-refractivity contribution in [3.8, 4) is 5.75 Å². The monoisotopic (exact) mass is 371 g/mol. The Labute approximate surface area is 144 Å². The summed E-state index contributed by atoms with van der Waals surface area (Å²) in [7, 11) is 0. The Balaban J connectivity index is 1.67. The molecule has 118 valence electrons. The Morgan fingerprint density at radius 2 is 1.78 bits per heavy atom. The summed E-state index contributed by atoms with van der Waals surface area (Å²) in [6.45, 7) is 3.30. The molecule has 3 rings (SSSR count). The zero-order chi connectivity index (χ0) is 16.1. The molecule has 0 N–H and O–H groups in total. The number of pyridine rings is 1. The van der Waals surface area contributed by atoms with Crippen molar-refractivity contribution >= 4 is 15.9 Å². The van der Waals surface area contributed by atoms with Gasteiger partial charge in [0.2, 0.25) is 0 Å². The molecule has 3 aromatic rings. The highest BCUT2D eigenvalue weighted by Gasteiger charge is 2.14. The van der Waals surface area contributed by atoms with Gasteiger partial charge in [0.1, 0.15) is 16.9 Å². The number of ether oxygens (including phenoxy) is 1. The van der Waals surface area contributed by atoms with Crippen molar-refractivity contribution < 1.29 is 4.74 Å². The SMILES string of the molecule is Cc1nn(CCc2ccncc2)c(Br)c1OCc1ccccc1. The summed E-state index contributed by atoms with van der Waals surface area (Å²) in [4.78, 5) is 4.04. The third-order valence-corrected chi connectivity index (χ3v) is 4.37. The Morgan fingerprint density at radius 1 is 1.04 bits per heavy atom. The molecule has 23 heavy (non-hydrogen) atoms. The van der Waals surface area contributed by atoms with Crippen molar-refractivity contribution in [2.24, 2.45) is 0 Å². The number of aromatic nitrogens is 3. The van der Waals surface area contributed by atoms with Crippen LogP contribution in [0.3, 0.4) is 0 Å². The molecule has 2 aromatic heterocycles. The molecule has 0 spiro atoms. The maximum atomic E-state index is 5.95. The van der Waals surface area contributed by atoms with Crippen LogP contribution in [0.15, 0.2) is 59.5 Å². The summed E-state index contributed by atoms with van der Waals surface area (Å²) < 4.78 is 8.78. The van der Waals surface area contributed by atoms with E-state index in [0.29, 0.717) is 6.61 Å². The van der Waals surface area contributed by atoms with Crippen LogP contribution in [-0.4, -0.2) is 14.8 Å². The zero-order valence-electron chi connectivity index (χ0n) is 12.9. The highest BCUT2D eigenvalue weighted by molar-refractivity contribution is 9.10. The van der Waals surface area contributed by atoms with Gasteiger partial charge >= 0.3 is 0 Å². The molecule has 0 amide bonds. The van der Waals surface area contributed by atoms with Gasteiger partial charge in [0.25, 0.3) is 0 Å². The number of benzene rings is 1. The van der Waals surface area contributed by atoms with Gasteiger partial charge in [0.15, 0.2) is 5.75 Å². The van der Waals surface area contributed by atoms with E-state index in [2.05, 4.69) is 38.1 Å². The van der Waals surface area contributed by atoms with Gasteiger partial charge in [-0.2, -0.15) is 5.10 Å². The van der Waals surface area contributed by atoms with Gasteiger partial charge in [-0.3, -0.25) is 9.67 Å². The lowest BCUT2D eigenvalue weighted by Crippen LogP contribution is -2.04. The fourth-order valence-electron chi connectivity index (χ4n) is 2.36. The quantitative estimate of drug-likeness (QED) is 0.652. The molecule has 0 aliphatic rings. The van der Waals surface area contributed by atoms with E-state index in [1.54, 1.807) is 0 Å². The van der Waals surface area contributed by atoms with Crippen molar-refractivity contribution in [3.63, 3.8) is 0 Å². The van der Waals surface area contributed by atoms with Crippen LogP contribution in [0.1, 0.15) is 16.8 Å². The van der Waals surface area contributed by atoms with Gasteiger partial charge in [-0.05, 0) is 52.5 Å². The molecule has 0 aliphatic heterocycles. The molecular weight excluding hydrogens is 354 g/mol. The Morgan fingerprint density at radius 3 is 2.52 bits per heavy atom. The van der Waals surface area contributed by atoms with Crippen LogP contribution >= 0.6 is 15.9 Å². The van der Waals surface area contributed by atoms with Crippen molar-refractivity contribution in [3.05, 3.63) is 76.3 Å². The number of nitrogens with zero attached hydrogens (tertiary/aromatic N) is 3. The van der Waals surface area contributed by atoms with Crippen molar-refractivity contribution in [1.82, 2.24) is 14.8 Å². The third-order valence-electron chi connectivity index (χ3n) is 3.60. The molecular formula is C18H18BrN3O. The minimum Gasteiger partial charge on any atom is -0.484 e. The molecule has 1 aromatic carbocycles.